The number of amides is 1. The number of rotatable bonds is 2. The lowest BCUT2D eigenvalue weighted by Crippen LogP contribution is -2.51. The fraction of sp³-hybridized carbons (Fsp3) is 0.615. The van der Waals surface area contributed by atoms with Crippen molar-refractivity contribution in [3.8, 4) is 0 Å². The van der Waals surface area contributed by atoms with Crippen molar-refractivity contribution in [1.82, 2.24) is 14.9 Å². The van der Waals surface area contributed by atoms with E-state index in [1.54, 1.807) is 23.4 Å². The monoisotopic (exact) mass is 310 g/mol. The molecule has 0 aromatic carbocycles. The van der Waals surface area contributed by atoms with E-state index < -0.39 is 9.84 Å². The van der Waals surface area contributed by atoms with Crippen molar-refractivity contribution < 1.29 is 13.2 Å². The van der Waals surface area contributed by atoms with E-state index in [0.29, 0.717) is 38.5 Å². The van der Waals surface area contributed by atoms with E-state index in [2.05, 4.69) is 9.97 Å². The molecule has 2 aliphatic rings. The molecule has 2 saturated heterocycles. The van der Waals surface area contributed by atoms with E-state index in [-0.39, 0.29) is 23.3 Å². The summed E-state index contributed by atoms with van der Waals surface area (Å²) in [6.07, 6.45) is 3.86. The molecule has 0 radical (unpaired) electrons. The molecule has 2 fully saturated rings. The zero-order chi connectivity index (χ0) is 14.9. The fourth-order valence-electron chi connectivity index (χ4n) is 2.83. The molecular weight excluding hydrogens is 292 g/mol. The highest BCUT2D eigenvalue weighted by atomic mass is 32.2. The van der Waals surface area contributed by atoms with Crippen LogP contribution in [-0.4, -0.2) is 66.9 Å². The molecule has 114 valence electrons. The van der Waals surface area contributed by atoms with E-state index in [4.69, 9.17) is 0 Å². The molecule has 1 aromatic heterocycles. The predicted molar refractivity (Wildman–Crippen MR) is 77.6 cm³/mol. The minimum Gasteiger partial charge on any atom is -0.339 e. The lowest BCUT2D eigenvalue weighted by atomic mass is 10.1. The highest BCUT2D eigenvalue weighted by Gasteiger charge is 2.36. The number of aromatic nitrogens is 2. The van der Waals surface area contributed by atoms with E-state index in [1.165, 1.54) is 0 Å². The lowest BCUT2D eigenvalue weighted by Gasteiger charge is -2.35. The van der Waals surface area contributed by atoms with Crippen LogP contribution in [0.5, 0.6) is 0 Å². The summed E-state index contributed by atoms with van der Waals surface area (Å²) >= 11 is 0. The molecule has 8 heteroatoms. The van der Waals surface area contributed by atoms with Crippen molar-refractivity contribution in [1.29, 1.82) is 0 Å². The van der Waals surface area contributed by atoms with Gasteiger partial charge >= 0.3 is 0 Å². The van der Waals surface area contributed by atoms with Crippen molar-refractivity contribution in [3.05, 3.63) is 18.5 Å². The summed E-state index contributed by atoms with van der Waals surface area (Å²) in [4.78, 5) is 24.6. The normalized spacial score (nSPS) is 25.0. The molecular formula is C13H18N4O3S. The second-order valence-electron chi connectivity index (χ2n) is 5.46. The van der Waals surface area contributed by atoms with E-state index >= 15 is 0 Å². The summed E-state index contributed by atoms with van der Waals surface area (Å²) in [5, 5.41) is 0. The molecule has 1 unspecified atom stereocenters. The molecule has 1 aromatic rings. The molecule has 7 nitrogen and oxygen atoms in total. The molecule has 0 bridgehead atoms. The van der Waals surface area contributed by atoms with Gasteiger partial charge in [0, 0.05) is 38.6 Å². The Bertz CT molecular complexity index is 612. The Balaban J connectivity index is 1.57. The van der Waals surface area contributed by atoms with Gasteiger partial charge in [-0.1, -0.05) is 0 Å². The zero-order valence-corrected chi connectivity index (χ0v) is 12.5. The Labute approximate surface area is 123 Å². The van der Waals surface area contributed by atoms with Crippen molar-refractivity contribution in [3.63, 3.8) is 0 Å². The topological polar surface area (TPSA) is 83.5 Å². The van der Waals surface area contributed by atoms with Gasteiger partial charge in [0.2, 0.25) is 11.9 Å². The number of piperazine rings is 1. The van der Waals surface area contributed by atoms with Crippen LogP contribution in [0.15, 0.2) is 18.5 Å². The molecule has 3 heterocycles. The first-order valence-electron chi connectivity index (χ1n) is 7.06. The second-order valence-corrected chi connectivity index (χ2v) is 7.69. The average molecular weight is 310 g/mol. The number of carbonyl (C=O) groups excluding carboxylic acids is 1. The highest BCUT2D eigenvalue weighted by Crippen LogP contribution is 2.21. The summed E-state index contributed by atoms with van der Waals surface area (Å²) in [6, 6.07) is 1.77. The van der Waals surface area contributed by atoms with Gasteiger partial charge in [0.1, 0.15) is 0 Å². The number of sulfone groups is 1. The lowest BCUT2D eigenvalue weighted by molar-refractivity contribution is -0.135. The van der Waals surface area contributed by atoms with Crippen LogP contribution in [0.4, 0.5) is 5.95 Å². The summed E-state index contributed by atoms with van der Waals surface area (Å²) in [5.74, 6) is 0.446. The Morgan fingerprint density at radius 1 is 1.14 bits per heavy atom. The highest BCUT2D eigenvalue weighted by molar-refractivity contribution is 7.91. The SMILES string of the molecule is O=C(C1CCS(=O)(=O)C1)N1CCN(c2ncccn2)CC1. The van der Waals surface area contributed by atoms with Gasteiger partial charge in [-0.2, -0.15) is 0 Å². The number of hydrogen-bond acceptors (Lipinski definition) is 6. The van der Waals surface area contributed by atoms with Crippen LogP contribution < -0.4 is 4.90 Å². The number of nitrogens with zero attached hydrogens (tertiary/aromatic N) is 4. The number of carbonyl (C=O) groups is 1. The predicted octanol–water partition coefficient (Wildman–Crippen LogP) is -0.440. The molecule has 0 aliphatic carbocycles. The zero-order valence-electron chi connectivity index (χ0n) is 11.7. The summed E-state index contributed by atoms with van der Waals surface area (Å²) < 4.78 is 22.9. The largest absolute Gasteiger partial charge is 0.339 e. The molecule has 1 amide bonds. The number of anilines is 1. The van der Waals surface area contributed by atoms with E-state index in [0.717, 1.165) is 0 Å². The molecule has 1 atom stereocenters. The maximum absolute atomic E-state index is 12.3. The summed E-state index contributed by atoms with van der Waals surface area (Å²) in [6.45, 7) is 2.53. The third kappa shape index (κ3) is 3.15. The maximum atomic E-state index is 12.3. The molecule has 0 saturated carbocycles. The quantitative estimate of drug-likeness (QED) is 0.736. The Hall–Kier alpha value is -1.70. The third-order valence-corrected chi connectivity index (χ3v) is 5.78. The molecule has 3 rings (SSSR count). The average Bonchev–Trinajstić information content (AvgIpc) is 2.88. The molecule has 0 N–H and O–H groups in total. The van der Waals surface area contributed by atoms with Crippen LogP contribution >= 0.6 is 0 Å². The van der Waals surface area contributed by atoms with Crippen molar-refractivity contribution >= 4 is 21.7 Å². The van der Waals surface area contributed by atoms with Crippen LogP contribution in [0, 0.1) is 5.92 Å². The van der Waals surface area contributed by atoms with Crippen LogP contribution in [0.1, 0.15) is 6.42 Å². The molecule has 21 heavy (non-hydrogen) atoms. The van der Waals surface area contributed by atoms with Crippen LogP contribution in [0.2, 0.25) is 0 Å². The van der Waals surface area contributed by atoms with Crippen molar-refractivity contribution in [2.75, 3.05) is 42.6 Å². The van der Waals surface area contributed by atoms with Gasteiger partial charge in [-0.25, -0.2) is 18.4 Å². The van der Waals surface area contributed by atoms with Crippen LogP contribution in [-0.2, 0) is 14.6 Å². The van der Waals surface area contributed by atoms with Crippen molar-refractivity contribution in [2.24, 2.45) is 5.92 Å². The Morgan fingerprint density at radius 3 is 2.38 bits per heavy atom. The minimum atomic E-state index is -3.01. The van der Waals surface area contributed by atoms with Gasteiger partial charge in [-0.05, 0) is 12.5 Å². The number of hydrogen-bond donors (Lipinski definition) is 0. The molecule has 2 aliphatic heterocycles. The van der Waals surface area contributed by atoms with Gasteiger partial charge in [0.05, 0.1) is 17.4 Å². The second kappa shape index (κ2) is 5.59. The van der Waals surface area contributed by atoms with Gasteiger partial charge in [0.15, 0.2) is 9.84 Å². The summed E-state index contributed by atoms with van der Waals surface area (Å²) in [5.41, 5.74) is 0. The van der Waals surface area contributed by atoms with E-state index in [9.17, 15) is 13.2 Å². The van der Waals surface area contributed by atoms with E-state index in [1.807, 2.05) is 4.90 Å². The van der Waals surface area contributed by atoms with Gasteiger partial charge in [-0.15, -0.1) is 0 Å². The van der Waals surface area contributed by atoms with Gasteiger partial charge < -0.3 is 9.80 Å². The maximum Gasteiger partial charge on any atom is 0.226 e. The molecule has 0 spiro atoms. The van der Waals surface area contributed by atoms with Gasteiger partial charge in [0.25, 0.3) is 0 Å². The first kappa shape index (κ1) is 14.2. The fourth-order valence-corrected chi connectivity index (χ4v) is 4.56. The summed E-state index contributed by atoms with van der Waals surface area (Å²) in [7, 11) is -3.01. The third-order valence-electron chi connectivity index (χ3n) is 4.01. The standard InChI is InChI=1S/C13H18N4O3S/c18-12(11-2-9-21(19,20)10-11)16-5-7-17(8-6-16)13-14-3-1-4-15-13/h1,3-4,11H,2,5-10H2. The van der Waals surface area contributed by atoms with Crippen molar-refractivity contribution in [2.45, 2.75) is 6.42 Å². The Kier molecular flexibility index (Phi) is 3.79. The first-order valence-corrected chi connectivity index (χ1v) is 8.88. The van der Waals surface area contributed by atoms with Crippen LogP contribution in [0.3, 0.4) is 0 Å². The minimum absolute atomic E-state index is 0.00778. The smallest absolute Gasteiger partial charge is 0.226 e. The Morgan fingerprint density at radius 2 is 1.81 bits per heavy atom. The van der Waals surface area contributed by atoms with Gasteiger partial charge in [-0.3, -0.25) is 4.79 Å². The first-order chi connectivity index (χ1) is 10.1. The van der Waals surface area contributed by atoms with Crippen LogP contribution in [0.25, 0.3) is 0 Å².